The van der Waals surface area contributed by atoms with Gasteiger partial charge in [0.2, 0.25) is 0 Å². The predicted octanol–water partition coefficient (Wildman–Crippen LogP) is 4.96. The first-order valence-corrected chi connectivity index (χ1v) is 8.41. The van der Waals surface area contributed by atoms with Crippen molar-refractivity contribution >= 4 is 5.97 Å². The Labute approximate surface area is 140 Å². The lowest BCUT2D eigenvalue weighted by Crippen LogP contribution is -2.04. The van der Waals surface area contributed by atoms with Crippen molar-refractivity contribution < 1.29 is 15.0 Å². The van der Waals surface area contributed by atoms with Crippen molar-refractivity contribution in [2.45, 2.75) is 58.0 Å². The summed E-state index contributed by atoms with van der Waals surface area (Å²) >= 11 is 0. The topological polar surface area (TPSA) is 57.5 Å². The molecule has 1 unspecified atom stereocenters. The molecule has 0 aliphatic carbocycles. The molecule has 0 fully saturated rings. The van der Waals surface area contributed by atoms with E-state index in [1.807, 2.05) is 36.5 Å². The maximum Gasteiger partial charge on any atom is 0.328 e. The Morgan fingerprint density at radius 3 is 2.04 bits per heavy atom. The zero-order valence-corrected chi connectivity index (χ0v) is 14.1. The number of carboxylic acids is 1. The lowest BCUT2D eigenvalue weighted by Gasteiger charge is -2.06. The summed E-state index contributed by atoms with van der Waals surface area (Å²) in [5.41, 5.74) is 0. The van der Waals surface area contributed by atoms with E-state index in [2.05, 4.69) is 6.92 Å². The van der Waals surface area contributed by atoms with Crippen LogP contribution in [0.3, 0.4) is 0 Å². The average Bonchev–Trinajstić information content (AvgIpc) is 2.52. The molecule has 0 saturated carbocycles. The maximum atomic E-state index is 10.2. The molecule has 0 amide bonds. The van der Waals surface area contributed by atoms with Crippen molar-refractivity contribution in [3.05, 3.63) is 60.8 Å². The SMILES string of the molecule is CCCCCCCC(O)CC=CC=CC=CC=CC=CC(=O)O. The second-order valence-corrected chi connectivity index (χ2v) is 5.37. The van der Waals surface area contributed by atoms with Crippen LogP contribution >= 0.6 is 0 Å². The third-order valence-electron chi connectivity index (χ3n) is 3.20. The van der Waals surface area contributed by atoms with Crippen molar-refractivity contribution in [3.8, 4) is 0 Å². The van der Waals surface area contributed by atoms with Gasteiger partial charge >= 0.3 is 5.97 Å². The molecule has 23 heavy (non-hydrogen) atoms. The zero-order chi connectivity index (χ0) is 17.2. The Morgan fingerprint density at radius 2 is 1.43 bits per heavy atom. The number of allylic oxidation sites excluding steroid dienone is 8. The van der Waals surface area contributed by atoms with Crippen LogP contribution in [0, 0.1) is 0 Å². The van der Waals surface area contributed by atoms with E-state index < -0.39 is 5.97 Å². The van der Waals surface area contributed by atoms with Crippen LogP contribution in [-0.4, -0.2) is 22.3 Å². The first-order valence-electron chi connectivity index (χ1n) is 8.41. The standard InChI is InChI=1S/C20H30O3/c1-2-3-4-10-13-16-19(21)17-14-11-8-6-5-7-9-12-15-18-20(22)23/h5-9,11-12,14-15,18-19,21H,2-4,10,13,16-17H2,1H3,(H,22,23). The van der Waals surface area contributed by atoms with Gasteiger partial charge in [0, 0.05) is 6.08 Å². The minimum absolute atomic E-state index is 0.235. The van der Waals surface area contributed by atoms with Crippen LogP contribution in [0.25, 0.3) is 0 Å². The minimum atomic E-state index is -0.952. The number of rotatable bonds is 13. The fourth-order valence-corrected chi connectivity index (χ4v) is 1.94. The molecule has 0 spiro atoms. The van der Waals surface area contributed by atoms with Gasteiger partial charge in [-0.2, -0.15) is 0 Å². The molecule has 0 aliphatic rings. The zero-order valence-electron chi connectivity index (χ0n) is 14.1. The minimum Gasteiger partial charge on any atom is -0.478 e. The van der Waals surface area contributed by atoms with Crippen molar-refractivity contribution in [1.82, 2.24) is 0 Å². The van der Waals surface area contributed by atoms with Gasteiger partial charge in [0.1, 0.15) is 0 Å². The first-order chi connectivity index (χ1) is 11.2. The van der Waals surface area contributed by atoms with E-state index in [1.165, 1.54) is 31.8 Å². The van der Waals surface area contributed by atoms with Crippen LogP contribution in [0.15, 0.2) is 60.8 Å². The lowest BCUT2D eigenvalue weighted by molar-refractivity contribution is -0.131. The molecule has 3 nitrogen and oxygen atoms in total. The lowest BCUT2D eigenvalue weighted by atomic mass is 10.1. The van der Waals surface area contributed by atoms with Gasteiger partial charge in [-0.25, -0.2) is 4.79 Å². The summed E-state index contributed by atoms with van der Waals surface area (Å²) in [6.07, 6.45) is 24.8. The molecule has 1 atom stereocenters. The van der Waals surface area contributed by atoms with Crippen molar-refractivity contribution in [2.75, 3.05) is 0 Å². The molecule has 0 aromatic heterocycles. The summed E-state index contributed by atoms with van der Waals surface area (Å²) in [7, 11) is 0. The van der Waals surface area contributed by atoms with E-state index in [4.69, 9.17) is 5.11 Å². The van der Waals surface area contributed by atoms with E-state index in [1.54, 1.807) is 12.2 Å². The van der Waals surface area contributed by atoms with Gasteiger partial charge in [0.05, 0.1) is 6.10 Å². The largest absolute Gasteiger partial charge is 0.478 e. The van der Waals surface area contributed by atoms with Gasteiger partial charge in [-0.05, 0) is 12.8 Å². The Hall–Kier alpha value is -1.87. The second-order valence-electron chi connectivity index (χ2n) is 5.37. The molecule has 0 heterocycles. The van der Waals surface area contributed by atoms with Crippen molar-refractivity contribution in [3.63, 3.8) is 0 Å². The van der Waals surface area contributed by atoms with Crippen LogP contribution in [-0.2, 0) is 4.79 Å². The van der Waals surface area contributed by atoms with Crippen LogP contribution < -0.4 is 0 Å². The molecule has 0 rings (SSSR count). The van der Waals surface area contributed by atoms with Crippen LogP contribution in [0.5, 0.6) is 0 Å². The van der Waals surface area contributed by atoms with Gasteiger partial charge in [-0.3, -0.25) is 0 Å². The predicted molar refractivity (Wildman–Crippen MR) is 97.3 cm³/mol. The van der Waals surface area contributed by atoms with E-state index >= 15 is 0 Å². The van der Waals surface area contributed by atoms with E-state index in [-0.39, 0.29) is 6.10 Å². The molecule has 0 saturated heterocycles. The van der Waals surface area contributed by atoms with Crippen molar-refractivity contribution in [1.29, 1.82) is 0 Å². The number of hydrogen-bond acceptors (Lipinski definition) is 2. The van der Waals surface area contributed by atoms with E-state index in [0.29, 0.717) is 6.42 Å². The van der Waals surface area contributed by atoms with Gasteiger partial charge in [0.15, 0.2) is 0 Å². The molecule has 0 aliphatic heterocycles. The first kappa shape index (κ1) is 21.1. The summed E-state index contributed by atoms with van der Waals surface area (Å²) in [6, 6.07) is 0. The third kappa shape index (κ3) is 18.1. The summed E-state index contributed by atoms with van der Waals surface area (Å²) in [4.78, 5) is 10.2. The third-order valence-corrected chi connectivity index (χ3v) is 3.20. The molecule has 0 radical (unpaired) electrons. The summed E-state index contributed by atoms with van der Waals surface area (Å²) in [5.74, 6) is -0.952. The fourth-order valence-electron chi connectivity index (χ4n) is 1.94. The molecule has 0 aromatic rings. The van der Waals surface area contributed by atoms with Gasteiger partial charge in [-0.15, -0.1) is 0 Å². The number of aliphatic carboxylic acids is 1. The summed E-state index contributed by atoms with van der Waals surface area (Å²) < 4.78 is 0. The molecule has 3 heteroatoms. The van der Waals surface area contributed by atoms with Gasteiger partial charge in [-0.1, -0.05) is 93.7 Å². The second kappa shape index (κ2) is 16.5. The quantitative estimate of drug-likeness (QED) is 0.286. The number of aliphatic hydroxyl groups excluding tert-OH is 1. The normalized spacial score (nSPS) is 14.2. The number of carboxylic acid groups (broad SMARTS) is 1. The van der Waals surface area contributed by atoms with Crippen LogP contribution in [0.1, 0.15) is 51.9 Å². The summed E-state index contributed by atoms with van der Waals surface area (Å²) in [6.45, 7) is 2.20. The number of carbonyl (C=O) groups is 1. The summed E-state index contributed by atoms with van der Waals surface area (Å²) in [5, 5.41) is 18.2. The number of unbranched alkanes of at least 4 members (excludes halogenated alkanes) is 4. The molecule has 0 aromatic carbocycles. The highest BCUT2D eigenvalue weighted by atomic mass is 16.4. The highest BCUT2D eigenvalue weighted by Crippen LogP contribution is 2.09. The van der Waals surface area contributed by atoms with Gasteiger partial charge in [0.25, 0.3) is 0 Å². The van der Waals surface area contributed by atoms with Crippen LogP contribution in [0.4, 0.5) is 0 Å². The Kier molecular flexibility index (Phi) is 15.2. The molecule has 2 N–H and O–H groups in total. The van der Waals surface area contributed by atoms with Gasteiger partial charge < -0.3 is 10.2 Å². The molecular formula is C20H30O3. The smallest absolute Gasteiger partial charge is 0.328 e. The number of aliphatic hydroxyl groups is 1. The molecule has 128 valence electrons. The number of hydrogen-bond donors (Lipinski definition) is 2. The fraction of sp³-hybridized carbons (Fsp3) is 0.450. The average molecular weight is 318 g/mol. The molecular weight excluding hydrogens is 288 g/mol. The highest BCUT2D eigenvalue weighted by molar-refractivity contribution is 5.80. The molecule has 0 bridgehead atoms. The van der Waals surface area contributed by atoms with E-state index in [9.17, 15) is 9.90 Å². The van der Waals surface area contributed by atoms with Crippen molar-refractivity contribution in [2.24, 2.45) is 0 Å². The highest BCUT2D eigenvalue weighted by Gasteiger charge is 2.00. The Bertz CT molecular complexity index is 428. The van der Waals surface area contributed by atoms with Crippen LogP contribution in [0.2, 0.25) is 0 Å². The maximum absolute atomic E-state index is 10.2. The Morgan fingerprint density at radius 1 is 0.870 bits per heavy atom. The Balaban J connectivity index is 3.69. The van der Waals surface area contributed by atoms with E-state index in [0.717, 1.165) is 18.9 Å². The monoisotopic (exact) mass is 318 g/mol.